The molecule has 0 bridgehead atoms. The molecule has 0 aliphatic carbocycles. The van der Waals surface area contributed by atoms with Gasteiger partial charge in [0.1, 0.15) is 0 Å². The predicted octanol–water partition coefficient (Wildman–Crippen LogP) is 0.320. The Morgan fingerprint density at radius 1 is 1.50 bits per heavy atom. The average molecular weight is 216 g/mol. The Kier molecular flexibility index (Phi) is 2.30. The summed E-state index contributed by atoms with van der Waals surface area (Å²) in [5, 5.41) is 11.7. The number of likely N-dealkylation sites (tertiary alicyclic amines) is 1. The molecule has 2 heterocycles. The van der Waals surface area contributed by atoms with E-state index in [0.717, 1.165) is 12.8 Å². The van der Waals surface area contributed by atoms with Crippen molar-refractivity contribution in [2.75, 3.05) is 18.8 Å². The number of nitrogens with one attached hydrogen (secondary N) is 1. The van der Waals surface area contributed by atoms with Crippen molar-refractivity contribution >= 4 is 23.8 Å². The van der Waals surface area contributed by atoms with Crippen LogP contribution in [0.5, 0.6) is 0 Å². The van der Waals surface area contributed by atoms with Crippen LogP contribution in [0, 0.1) is 0 Å². The van der Waals surface area contributed by atoms with Gasteiger partial charge in [0.15, 0.2) is 0 Å². The van der Waals surface area contributed by atoms with E-state index in [4.69, 9.17) is 5.11 Å². The summed E-state index contributed by atoms with van der Waals surface area (Å²) in [6.07, 6.45) is 0.569. The maximum Gasteiger partial charge on any atom is 0.407 e. The Balaban J connectivity index is 1.95. The Labute approximate surface area is 85.8 Å². The summed E-state index contributed by atoms with van der Waals surface area (Å²) >= 11 is 1.61. The van der Waals surface area contributed by atoms with Crippen LogP contribution >= 0.6 is 11.8 Å². The zero-order chi connectivity index (χ0) is 10.2. The van der Waals surface area contributed by atoms with Crippen LogP contribution in [0.2, 0.25) is 0 Å². The highest BCUT2D eigenvalue weighted by atomic mass is 32.2. The molecule has 2 amide bonds. The average Bonchev–Trinajstić information content (AvgIpc) is 2.48. The van der Waals surface area contributed by atoms with E-state index in [9.17, 15) is 9.59 Å². The van der Waals surface area contributed by atoms with Crippen LogP contribution in [0.3, 0.4) is 0 Å². The number of thioether (sulfide) groups is 1. The first-order valence-electron chi connectivity index (χ1n) is 4.54. The highest BCUT2D eigenvalue weighted by molar-refractivity contribution is 8.01. The smallest absolute Gasteiger partial charge is 0.407 e. The Bertz CT molecular complexity index is 274. The molecule has 0 atom stereocenters. The summed E-state index contributed by atoms with van der Waals surface area (Å²) in [4.78, 5) is 22.9. The number of carbonyl (C=O) groups is 2. The molecule has 0 aromatic rings. The van der Waals surface area contributed by atoms with Crippen molar-refractivity contribution in [3.8, 4) is 0 Å². The van der Waals surface area contributed by atoms with Crippen molar-refractivity contribution < 1.29 is 14.7 Å². The van der Waals surface area contributed by atoms with Crippen molar-refractivity contribution in [2.24, 2.45) is 0 Å². The third-order valence-electron chi connectivity index (χ3n) is 2.69. The molecule has 2 saturated heterocycles. The van der Waals surface area contributed by atoms with Crippen molar-refractivity contribution in [1.29, 1.82) is 0 Å². The number of piperidine rings is 1. The summed E-state index contributed by atoms with van der Waals surface area (Å²) < 4.78 is 0. The van der Waals surface area contributed by atoms with Crippen LogP contribution in [-0.2, 0) is 4.79 Å². The second-order valence-electron chi connectivity index (χ2n) is 3.60. The predicted molar refractivity (Wildman–Crippen MR) is 52.2 cm³/mol. The summed E-state index contributed by atoms with van der Waals surface area (Å²) in [7, 11) is 0. The van der Waals surface area contributed by atoms with Gasteiger partial charge >= 0.3 is 6.09 Å². The van der Waals surface area contributed by atoms with Crippen molar-refractivity contribution in [3.05, 3.63) is 0 Å². The lowest BCUT2D eigenvalue weighted by Gasteiger charge is -2.37. The van der Waals surface area contributed by atoms with Gasteiger partial charge in [0.25, 0.3) is 0 Å². The third-order valence-corrected chi connectivity index (χ3v) is 4.16. The van der Waals surface area contributed by atoms with Crippen molar-refractivity contribution in [1.82, 2.24) is 10.2 Å². The minimum Gasteiger partial charge on any atom is -0.465 e. The van der Waals surface area contributed by atoms with E-state index in [0.29, 0.717) is 18.8 Å². The zero-order valence-corrected chi connectivity index (χ0v) is 8.47. The maximum absolute atomic E-state index is 11.1. The van der Waals surface area contributed by atoms with Gasteiger partial charge in [-0.3, -0.25) is 4.79 Å². The molecule has 2 rings (SSSR count). The molecule has 0 radical (unpaired) electrons. The van der Waals surface area contributed by atoms with Crippen LogP contribution in [0.4, 0.5) is 4.79 Å². The molecule has 0 unspecified atom stereocenters. The van der Waals surface area contributed by atoms with E-state index in [1.54, 1.807) is 11.8 Å². The van der Waals surface area contributed by atoms with E-state index in [2.05, 4.69) is 5.32 Å². The molecular weight excluding hydrogens is 204 g/mol. The Morgan fingerprint density at radius 3 is 2.57 bits per heavy atom. The number of amides is 2. The van der Waals surface area contributed by atoms with E-state index in [1.165, 1.54) is 4.90 Å². The molecule has 0 saturated carbocycles. The van der Waals surface area contributed by atoms with Crippen LogP contribution in [0.1, 0.15) is 12.8 Å². The molecule has 2 aliphatic rings. The molecule has 1 spiro atoms. The highest BCUT2D eigenvalue weighted by Gasteiger charge is 2.41. The van der Waals surface area contributed by atoms with Gasteiger partial charge in [0, 0.05) is 13.1 Å². The van der Waals surface area contributed by atoms with Gasteiger partial charge in [0.2, 0.25) is 5.91 Å². The van der Waals surface area contributed by atoms with Crippen molar-refractivity contribution in [2.45, 2.75) is 17.7 Å². The lowest BCUT2D eigenvalue weighted by molar-refractivity contribution is -0.119. The highest BCUT2D eigenvalue weighted by Crippen LogP contribution is 2.37. The Hall–Kier alpha value is -0.910. The van der Waals surface area contributed by atoms with Gasteiger partial charge in [-0.25, -0.2) is 4.79 Å². The minimum atomic E-state index is -0.867. The van der Waals surface area contributed by atoms with Gasteiger partial charge in [0.05, 0.1) is 10.6 Å². The monoisotopic (exact) mass is 216 g/mol. The minimum absolute atomic E-state index is 0.0683. The number of carboxylic acid groups (broad SMARTS) is 1. The van der Waals surface area contributed by atoms with Crippen LogP contribution in [-0.4, -0.2) is 45.7 Å². The molecule has 2 aliphatic heterocycles. The summed E-state index contributed by atoms with van der Waals surface area (Å²) in [6.45, 7) is 1.03. The summed E-state index contributed by atoms with van der Waals surface area (Å²) in [6, 6.07) is 0. The number of rotatable bonds is 0. The SMILES string of the molecule is O=C1CSC2(CCN(C(=O)O)CC2)N1. The largest absolute Gasteiger partial charge is 0.465 e. The fourth-order valence-corrected chi connectivity index (χ4v) is 3.00. The summed E-state index contributed by atoms with van der Waals surface area (Å²) in [5.41, 5.74) is 0. The lowest BCUT2D eigenvalue weighted by atomic mass is 10.0. The van der Waals surface area contributed by atoms with Crippen LogP contribution < -0.4 is 5.32 Å². The standard InChI is InChI=1S/C8H12N2O3S/c11-6-5-14-8(9-6)1-3-10(4-2-8)7(12)13/h1-5H2,(H,9,11)(H,12,13). The first-order valence-corrected chi connectivity index (χ1v) is 5.53. The number of carbonyl (C=O) groups excluding carboxylic acids is 1. The fourth-order valence-electron chi connectivity index (χ4n) is 1.86. The van der Waals surface area contributed by atoms with E-state index < -0.39 is 6.09 Å². The van der Waals surface area contributed by atoms with Crippen molar-refractivity contribution in [3.63, 3.8) is 0 Å². The molecule has 5 nitrogen and oxygen atoms in total. The molecule has 0 aromatic carbocycles. The van der Waals surface area contributed by atoms with Gasteiger partial charge in [-0.2, -0.15) is 0 Å². The third kappa shape index (κ3) is 1.66. The molecule has 2 fully saturated rings. The van der Waals surface area contributed by atoms with E-state index in [1.807, 2.05) is 0 Å². The van der Waals surface area contributed by atoms with Gasteiger partial charge in [-0.15, -0.1) is 11.8 Å². The molecule has 0 aromatic heterocycles. The lowest BCUT2D eigenvalue weighted by Crippen LogP contribution is -2.50. The van der Waals surface area contributed by atoms with Gasteiger partial charge in [-0.05, 0) is 12.8 Å². The first kappa shape index (κ1) is 9.64. The molecule has 14 heavy (non-hydrogen) atoms. The number of hydrogen-bond donors (Lipinski definition) is 2. The second kappa shape index (κ2) is 3.34. The van der Waals surface area contributed by atoms with Gasteiger partial charge in [-0.1, -0.05) is 0 Å². The Morgan fingerprint density at radius 2 is 2.14 bits per heavy atom. The topological polar surface area (TPSA) is 69.6 Å². The molecule has 2 N–H and O–H groups in total. The molecule has 6 heteroatoms. The number of hydrogen-bond acceptors (Lipinski definition) is 3. The number of nitrogens with zero attached hydrogens (tertiary/aromatic N) is 1. The van der Waals surface area contributed by atoms with Gasteiger partial charge < -0.3 is 15.3 Å². The maximum atomic E-state index is 11.1. The van der Waals surface area contributed by atoms with E-state index >= 15 is 0 Å². The zero-order valence-electron chi connectivity index (χ0n) is 7.65. The van der Waals surface area contributed by atoms with Crippen LogP contribution in [0.15, 0.2) is 0 Å². The molecule has 78 valence electrons. The first-order chi connectivity index (χ1) is 6.61. The van der Waals surface area contributed by atoms with Crippen LogP contribution in [0.25, 0.3) is 0 Å². The summed E-state index contributed by atoms with van der Waals surface area (Å²) in [5.74, 6) is 0.575. The van der Waals surface area contributed by atoms with E-state index in [-0.39, 0.29) is 10.8 Å². The molecular formula is C8H12N2O3S. The second-order valence-corrected chi connectivity index (χ2v) is 4.96. The fraction of sp³-hybridized carbons (Fsp3) is 0.750. The normalized spacial score (nSPS) is 25.1. The quantitative estimate of drug-likeness (QED) is 0.612.